The average Bonchev–Trinajstić information content (AvgIpc) is 3.60. The Hall–Kier alpha value is -2.98. The lowest BCUT2D eigenvalue weighted by Crippen LogP contribution is -2.45. The van der Waals surface area contributed by atoms with Crippen molar-refractivity contribution in [2.45, 2.75) is 51.0 Å². The van der Waals surface area contributed by atoms with E-state index in [1.54, 1.807) is 23.1 Å². The number of piperidine rings is 1. The minimum absolute atomic E-state index is 0. The largest absolute Gasteiger partial charge is 0.573 e. The van der Waals surface area contributed by atoms with Gasteiger partial charge in [0.15, 0.2) is 0 Å². The third-order valence-corrected chi connectivity index (χ3v) is 7.19. The number of amides is 1. The molecule has 0 spiro atoms. The summed E-state index contributed by atoms with van der Waals surface area (Å²) >= 11 is 0. The van der Waals surface area contributed by atoms with Gasteiger partial charge in [-0.1, -0.05) is 12.1 Å². The monoisotopic (exact) mass is 554 g/mol. The maximum atomic E-state index is 13.0. The summed E-state index contributed by atoms with van der Waals surface area (Å²) < 4.78 is 48.8. The number of rotatable bonds is 8. The average molecular weight is 555 g/mol. The highest BCUT2D eigenvalue weighted by Crippen LogP contribution is 2.45. The quantitative estimate of drug-likeness (QED) is 0.486. The van der Waals surface area contributed by atoms with E-state index in [1.807, 2.05) is 17.0 Å². The van der Waals surface area contributed by atoms with Gasteiger partial charge in [0.2, 0.25) is 5.91 Å². The van der Waals surface area contributed by atoms with Crippen molar-refractivity contribution in [3.63, 3.8) is 0 Å². The van der Waals surface area contributed by atoms with Crippen molar-refractivity contribution in [1.82, 2.24) is 4.90 Å². The first-order valence-corrected chi connectivity index (χ1v) is 12.6. The summed E-state index contributed by atoms with van der Waals surface area (Å²) in [5.74, 6) is -0.803. The Morgan fingerprint density at radius 1 is 1.05 bits per heavy atom. The predicted octanol–water partition coefficient (Wildman–Crippen LogP) is 5.15. The van der Waals surface area contributed by atoms with Crippen LogP contribution in [0, 0.1) is 5.92 Å². The van der Waals surface area contributed by atoms with E-state index in [1.165, 1.54) is 6.07 Å². The number of carboxylic acids is 1. The van der Waals surface area contributed by atoms with Crippen molar-refractivity contribution < 1.29 is 37.3 Å². The maximum Gasteiger partial charge on any atom is 0.573 e. The van der Waals surface area contributed by atoms with E-state index >= 15 is 0 Å². The fourth-order valence-corrected chi connectivity index (χ4v) is 5.18. The van der Waals surface area contributed by atoms with Crippen LogP contribution in [0.15, 0.2) is 36.4 Å². The van der Waals surface area contributed by atoms with E-state index in [9.17, 15) is 27.9 Å². The molecule has 2 aromatic carbocycles. The second-order valence-electron chi connectivity index (χ2n) is 9.98. The molecule has 1 aliphatic carbocycles. The van der Waals surface area contributed by atoms with Crippen LogP contribution in [0.25, 0.3) is 0 Å². The second-order valence-corrected chi connectivity index (χ2v) is 9.98. The van der Waals surface area contributed by atoms with E-state index < -0.39 is 18.2 Å². The van der Waals surface area contributed by atoms with E-state index in [0.717, 1.165) is 30.5 Å². The summed E-state index contributed by atoms with van der Waals surface area (Å²) in [5, 5.41) is 9.28. The van der Waals surface area contributed by atoms with Gasteiger partial charge in [0.25, 0.3) is 0 Å². The van der Waals surface area contributed by atoms with Gasteiger partial charge in [-0.2, -0.15) is 0 Å². The van der Waals surface area contributed by atoms with Gasteiger partial charge < -0.3 is 19.5 Å². The molecular weight excluding hydrogens is 525 g/mol. The van der Waals surface area contributed by atoms with Crippen LogP contribution >= 0.6 is 12.4 Å². The number of fused-ring (bicyclic) bond motifs is 1. The van der Waals surface area contributed by atoms with Crippen LogP contribution in [-0.2, 0) is 22.6 Å². The molecule has 5 rings (SSSR count). The number of alkyl halides is 3. The number of aliphatic carboxylic acids is 1. The Morgan fingerprint density at radius 3 is 2.55 bits per heavy atom. The molecule has 206 valence electrons. The fraction of sp³-hybridized carbons (Fsp3) is 0.481. The van der Waals surface area contributed by atoms with Crippen molar-refractivity contribution in [2.24, 2.45) is 5.92 Å². The van der Waals surface area contributed by atoms with E-state index in [-0.39, 0.29) is 43.1 Å². The number of likely N-dealkylation sites (tertiary alicyclic amines) is 1. The molecule has 1 saturated heterocycles. The van der Waals surface area contributed by atoms with Crippen molar-refractivity contribution in [3.05, 3.63) is 53.1 Å². The number of carbonyl (C=O) groups excluding carboxylic acids is 1. The zero-order chi connectivity index (χ0) is 26.2. The van der Waals surface area contributed by atoms with Crippen LogP contribution in [0.1, 0.15) is 48.3 Å². The van der Waals surface area contributed by atoms with Crippen molar-refractivity contribution in [2.75, 3.05) is 31.1 Å². The Morgan fingerprint density at radius 2 is 1.84 bits per heavy atom. The summed E-state index contributed by atoms with van der Waals surface area (Å²) in [4.78, 5) is 27.9. The third-order valence-electron chi connectivity index (χ3n) is 7.19. The van der Waals surface area contributed by atoms with Crippen LogP contribution in [0.2, 0.25) is 0 Å². The summed E-state index contributed by atoms with van der Waals surface area (Å²) in [5.41, 5.74) is 2.91. The normalized spacial score (nSPS) is 19.4. The number of hydrogen-bond acceptors (Lipinski definition) is 5. The molecular formula is C27H30ClF3N2O5. The first kappa shape index (κ1) is 28.0. The minimum atomic E-state index is -4.75. The molecule has 0 aromatic heterocycles. The lowest BCUT2D eigenvalue weighted by Gasteiger charge is -2.31. The van der Waals surface area contributed by atoms with Crippen molar-refractivity contribution in [3.8, 4) is 11.5 Å². The molecule has 0 radical (unpaired) electrons. The first-order valence-electron chi connectivity index (χ1n) is 12.6. The van der Waals surface area contributed by atoms with Crippen LogP contribution < -0.4 is 14.4 Å². The van der Waals surface area contributed by atoms with E-state index in [0.29, 0.717) is 49.4 Å². The highest BCUT2D eigenvalue weighted by molar-refractivity contribution is 5.97. The number of benzene rings is 2. The molecule has 11 heteroatoms. The van der Waals surface area contributed by atoms with Gasteiger partial charge in [0.1, 0.15) is 18.1 Å². The predicted molar refractivity (Wildman–Crippen MR) is 136 cm³/mol. The number of hydrogen-bond donors (Lipinski definition) is 1. The zero-order valence-corrected chi connectivity index (χ0v) is 21.5. The van der Waals surface area contributed by atoms with Gasteiger partial charge in [0.05, 0.1) is 12.5 Å². The summed E-state index contributed by atoms with van der Waals surface area (Å²) in [6.07, 6.45) is -0.974. The molecule has 2 aromatic rings. The molecule has 1 N–H and O–H groups in total. The van der Waals surface area contributed by atoms with Crippen LogP contribution in [0.5, 0.6) is 11.5 Å². The van der Waals surface area contributed by atoms with E-state index in [4.69, 9.17) is 4.74 Å². The number of carbonyl (C=O) groups is 2. The van der Waals surface area contributed by atoms with Gasteiger partial charge in [-0.25, -0.2) is 0 Å². The Kier molecular flexibility index (Phi) is 8.42. The molecule has 2 fully saturated rings. The second kappa shape index (κ2) is 11.4. The van der Waals surface area contributed by atoms with Gasteiger partial charge in [-0.15, -0.1) is 25.6 Å². The zero-order valence-electron chi connectivity index (χ0n) is 20.7. The Labute approximate surface area is 224 Å². The molecule has 1 atom stereocenters. The highest BCUT2D eigenvalue weighted by Gasteiger charge is 2.35. The van der Waals surface area contributed by atoms with Gasteiger partial charge >= 0.3 is 12.3 Å². The molecule has 0 bridgehead atoms. The maximum absolute atomic E-state index is 13.0. The lowest BCUT2D eigenvalue weighted by atomic mass is 9.98. The summed E-state index contributed by atoms with van der Waals surface area (Å²) in [6, 6.07) is 10.3. The molecule has 2 heterocycles. The molecule has 1 amide bonds. The summed E-state index contributed by atoms with van der Waals surface area (Å²) in [7, 11) is 0. The SMILES string of the molecule is Cl.O=C(O)[C@@H]1CCCN(CC(=O)N2CCc3cc(OCc4ccc(C5CC5)c(OC(F)(F)F)c4)ccc32)C1. The highest BCUT2D eigenvalue weighted by atomic mass is 35.5. The number of nitrogens with zero attached hydrogens (tertiary/aromatic N) is 2. The fourth-order valence-electron chi connectivity index (χ4n) is 5.18. The first-order chi connectivity index (χ1) is 17.7. The Balaban J connectivity index is 0.00000336. The number of carboxylic acid groups (broad SMARTS) is 1. The van der Waals surface area contributed by atoms with Crippen LogP contribution in [0.4, 0.5) is 18.9 Å². The molecule has 2 aliphatic heterocycles. The Bertz CT molecular complexity index is 1190. The van der Waals surface area contributed by atoms with Crippen molar-refractivity contribution in [1.29, 1.82) is 0 Å². The topological polar surface area (TPSA) is 79.3 Å². The van der Waals surface area contributed by atoms with Crippen LogP contribution in [-0.4, -0.2) is 54.4 Å². The molecule has 0 unspecified atom stereocenters. The van der Waals surface area contributed by atoms with Gasteiger partial charge in [-0.05, 0) is 85.5 Å². The number of ether oxygens (including phenoxy) is 2. The lowest BCUT2D eigenvalue weighted by molar-refractivity contribution is -0.274. The van der Waals surface area contributed by atoms with Gasteiger partial charge in [0, 0.05) is 18.8 Å². The van der Waals surface area contributed by atoms with Gasteiger partial charge in [-0.3, -0.25) is 14.5 Å². The standard InChI is InChI=1S/C27H29F3N2O5.ClH/c28-27(29,30)37-24-12-17(3-7-22(24)18-4-5-18)16-36-21-6-8-23-19(13-21)9-11-32(23)25(33)15-31-10-1-2-20(14-31)26(34)35;/h3,6-8,12-13,18,20H,1-2,4-5,9-11,14-16H2,(H,34,35);1H/t20-;/m1./s1. The molecule has 7 nitrogen and oxygen atoms in total. The summed E-state index contributed by atoms with van der Waals surface area (Å²) in [6.45, 7) is 1.89. The minimum Gasteiger partial charge on any atom is -0.489 e. The van der Waals surface area contributed by atoms with E-state index in [2.05, 4.69) is 4.74 Å². The van der Waals surface area contributed by atoms with Crippen molar-refractivity contribution >= 4 is 30.0 Å². The molecule has 3 aliphatic rings. The van der Waals surface area contributed by atoms with Crippen LogP contribution in [0.3, 0.4) is 0 Å². The number of halogens is 4. The molecule has 1 saturated carbocycles. The molecule has 38 heavy (non-hydrogen) atoms. The number of anilines is 1. The third kappa shape index (κ3) is 6.71. The smallest absolute Gasteiger partial charge is 0.489 e.